The van der Waals surface area contributed by atoms with Gasteiger partial charge in [0.2, 0.25) is 0 Å². The highest BCUT2D eigenvalue weighted by molar-refractivity contribution is 5.89. The molecule has 0 aliphatic rings. The zero-order valence-corrected chi connectivity index (χ0v) is 9.03. The minimum absolute atomic E-state index is 0.0101. The zero-order valence-electron chi connectivity index (χ0n) is 9.03. The number of carbonyl (C=O) groups is 1. The first-order valence-corrected chi connectivity index (χ1v) is 4.86. The van der Waals surface area contributed by atoms with Crippen LogP contribution in [0.4, 0.5) is 10.1 Å². The lowest BCUT2D eigenvalue weighted by Gasteiger charge is -2.05. The normalized spacial score (nSPS) is 10.1. The maximum absolute atomic E-state index is 13.0. The van der Waals surface area contributed by atoms with Gasteiger partial charge in [0.05, 0.1) is 17.9 Å². The maximum Gasteiger partial charge on any atom is 0.338 e. The number of benzene rings is 1. The van der Waals surface area contributed by atoms with Crippen LogP contribution in [0, 0.1) is 5.82 Å². The Bertz CT molecular complexity index is 368. The van der Waals surface area contributed by atoms with Gasteiger partial charge in [-0.05, 0) is 18.2 Å². The Morgan fingerprint density at radius 2 is 2.19 bits per heavy atom. The Labute approximate surface area is 93.2 Å². The van der Waals surface area contributed by atoms with Gasteiger partial charge in [0.15, 0.2) is 0 Å². The smallest absolute Gasteiger partial charge is 0.338 e. The fourth-order valence-corrected chi connectivity index (χ4v) is 1.11. The number of anilines is 1. The van der Waals surface area contributed by atoms with Crippen molar-refractivity contribution in [3.63, 3.8) is 0 Å². The fraction of sp³-hybridized carbons (Fsp3) is 0.364. The summed E-state index contributed by atoms with van der Waals surface area (Å²) in [5.74, 6) is -1.18. The van der Waals surface area contributed by atoms with Crippen LogP contribution in [0.2, 0.25) is 0 Å². The van der Waals surface area contributed by atoms with Gasteiger partial charge in [0, 0.05) is 20.1 Å². The van der Waals surface area contributed by atoms with E-state index >= 15 is 0 Å². The highest BCUT2D eigenvalue weighted by atomic mass is 19.1. The molecule has 1 aromatic carbocycles. The van der Waals surface area contributed by atoms with Crippen molar-refractivity contribution in [3.05, 3.63) is 29.6 Å². The number of rotatable bonds is 5. The summed E-state index contributed by atoms with van der Waals surface area (Å²) in [6, 6.07) is 3.83. The van der Waals surface area contributed by atoms with Gasteiger partial charge in [0.25, 0.3) is 0 Å². The summed E-state index contributed by atoms with van der Waals surface area (Å²) >= 11 is 0. The van der Waals surface area contributed by atoms with Crippen LogP contribution in [0.15, 0.2) is 18.2 Å². The van der Waals surface area contributed by atoms with Gasteiger partial charge in [-0.15, -0.1) is 0 Å². The van der Waals surface area contributed by atoms with E-state index in [0.717, 1.165) is 6.07 Å². The molecule has 0 heterocycles. The van der Waals surface area contributed by atoms with E-state index < -0.39 is 11.8 Å². The van der Waals surface area contributed by atoms with Crippen molar-refractivity contribution in [2.45, 2.75) is 6.42 Å². The molecule has 1 aromatic rings. The van der Waals surface area contributed by atoms with E-state index in [-0.39, 0.29) is 17.9 Å². The standard InChI is InChI=1S/C11H14FNO3/c1-15-5-2-6-16-11(14)8-3-4-10(13)9(12)7-8/h3-4,7H,2,5-6,13H2,1H3. The maximum atomic E-state index is 13.0. The van der Waals surface area contributed by atoms with E-state index in [9.17, 15) is 9.18 Å². The molecule has 0 amide bonds. The quantitative estimate of drug-likeness (QED) is 0.471. The third-order valence-corrected chi connectivity index (χ3v) is 1.96. The molecule has 0 fully saturated rings. The molecule has 0 saturated heterocycles. The van der Waals surface area contributed by atoms with Crippen LogP contribution in [-0.4, -0.2) is 26.3 Å². The highest BCUT2D eigenvalue weighted by Gasteiger charge is 2.09. The lowest BCUT2D eigenvalue weighted by Crippen LogP contribution is -2.08. The third kappa shape index (κ3) is 3.51. The molecule has 0 unspecified atom stereocenters. The summed E-state index contributed by atoms with van der Waals surface area (Å²) in [5.41, 5.74) is 5.45. The number of esters is 1. The average molecular weight is 227 g/mol. The molecule has 1 rings (SSSR count). The number of ether oxygens (including phenoxy) is 2. The van der Waals surface area contributed by atoms with Gasteiger partial charge in [-0.3, -0.25) is 0 Å². The number of hydrogen-bond donors (Lipinski definition) is 1. The highest BCUT2D eigenvalue weighted by Crippen LogP contribution is 2.12. The van der Waals surface area contributed by atoms with Crippen molar-refractivity contribution >= 4 is 11.7 Å². The molecule has 0 radical (unpaired) electrons. The molecule has 0 saturated carbocycles. The van der Waals surface area contributed by atoms with Gasteiger partial charge in [0.1, 0.15) is 5.82 Å². The van der Waals surface area contributed by atoms with E-state index in [1.165, 1.54) is 12.1 Å². The minimum Gasteiger partial charge on any atom is -0.462 e. The van der Waals surface area contributed by atoms with Gasteiger partial charge in [-0.2, -0.15) is 0 Å². The van der Waals surface area contributed by atoms with Crippen molar-refractivity contribution < 1.29 is 18.7 Å². The Morgan fingerprint density at radius 3 is 2.81 bits per heavy atom. The second-order valence-corrected chi connectivity index (χ2v) is 3.22. The first kappa shape index (κ1) is 12.4. The number of methoxy groups -OCH3 is 1. The van der Waals surface area contributed by atoms with Crippen LogP contribution >= 0.6 is 0 Å². The zero-order chi connectivity index (χ0) is 12.0. The Kier molecular flexibility index (Phi) is 4.72. The third-order valence-electron chi connectivity index (χ3n) is 1.96. The number of halogens is 1. The van der Waals surface area contributed by atoms with Crippen LogP contribution in [0.3, 0.4) is 0 Å². The number of nitrogen functional groups attached to an aromatic ring is 1. The second-order valence-electron chi connectivity index (χ2n) is 3.22. The fourth-order valence-electron chi connectivity index (χ4n) is 1.11. The molecule has 4 nitrogen and oxygen atoms in total. The van der Waals surface area contributed by atoms with Crippen LogP contribution in [-0.2, 0) is 9.47 Å². The number of hydrogen-bond acceptors (Lipinski definition) is 4. The first-order chi connectivity index (χ1) is 7.65. The SMILES string of the molecule is COCCCOC(=O)c1ccc(N)c(F)c1. The first-order valence-electron chi connectivity index (χ1n) is 4.86. The predicted octanol–water partition coefficient (Wildman–Crippen LogP) is 1.60. The summed E-state index contributed by atoms with van der Waals surface area (Å²) in [6.07, 6.45) is 0.611. The van der Waals surface area contributed by atoms with Gasteiger partial charge in [-0.25, -0.2) is 9.18 Å². The lowest BCUT2D eigenvalue weighted by atomic mass is 10.2. The summed E-state index contributed by atoms with van der Waals surface area (Å²) in [7, 11) is 1.57. The number of nitrogens with two attached hydrogens (primary N) is 1. The summed E-state index contributed by atoms with van der Waals surface area (Å²) in [4.78, 5) is 11.4. The largest absolute Gasteiger partial charge is 0.462 e. The molecular formula is C11H14FNO3. The Balaban J connectivity index is 2.50. The van der Waals surface area contributed by atoms with Gasteiger partial charge >= 0.3 is 5.97 Å². The molecule has 0 atom stereocenters. The second kappa shape index (κ2) is 6.07. The molecule has 0 aliphatic carbocycles. The van der Waals surface area contributed by atoms with E-state index in [4.69, 9.17) is 15.2 Å². The molecule has 5 heteroatoms. The summed E-state index contributed by atoms with van der Waals surface area (Å²) in [5, 5.41) is 0. The molecule has 0 aromatic heterocycles. The molecule has 0 aliphatic heterocycles. The Hall–Kier alpha value is -1.62. The average Bonchev–Trinajstić information content (AvgIpc) is 2.28. The van der Waals surface area contributed by atoms with Crippen molar-refractivity contribution in [2.75, 3.05) is 26.1 Å². The molecule has 16 heavy (non-hydrogen) atoms. The van der Waals surface area contributed by atoms with Crippen LogP contribution in [0.5, 0.6) is 0 Å². The Morgan fingerprint density at radius 1 is 1.44 bits per heavy atom. The van der Waals surface area contributed by atoms with Crippen molar-refractivity contribution in [2.24, 2.45) is 0 Å². The van der Waals surface area contributed by atoms with Crippen LogP contribution in [0.25, 0.3) is 0 Å². The van der Waals surface area contributed by atoms with Gasteiger partial charge in [-0.1, -0.05) is 0 Å². The number of carbonyl (C=O) groups excluding carboxylic acids is 1. The topological polar surface area (TPSA) is 61.5 Å². The van der Waals surface area contributed by atoms with E-state index in [1.807, 2.05) is 0 Å². The molecule has 2 N–H and O–H groups in total. The van der Waals surface area contributed by atoms with Crippen LogP contribution < -0.4 is 5.73 Å². The van der Waals surface area contributed by atoms with Crippen molar-refractivity contribution in [1.82, 2.24) is 0 Å². The monoisotopic (exact) mass is 227 g/mol. The summed E-state index contributed by atoms with van der Waals surface area (Å²) in [6.45, 7) is 0.766. The molecule has 0 spiro atoms. The van der Waals surface area contributed by atoms with Crippen LogP contribution in [0.1, 0.15) is 16.8 Å². The lowest BCUT2D eigenvalue weighted by molar-refractivity contribution is 0.0468. The summed E-state index contributed by atoms with van der Waals surface area (Å²) < 4.78 is 22.7. The molecule has 88 valence electrons. The van der Waals surface area contributed by atoms with E-state index in [0.29, 0.717) is 13.0 Å². The predicted molar refractivity (Wildman–Crippen MR) is 57.6 cm³/mol. The van der Waals surface area contributed by atoms with E-state index in [2.05, 4.69) is 0 Å². The minimum atomic E-state index is -0.619. The molecular weight excluding hydrogens is 213 g/mol. The van der Waals surface area contributed by atoms with E-state index in [1.54, 1.807) is 7.11 Å². The van der Waals surface area contributed by atoms with Crippen molar-refractivity contribution in [3.8, 4) is 0 Å². The van der Waals surface area contributed by atoms with Gasteiger partial charge < -0.3 is 15.2 Å². The van der Waals surface area contributed by atoms with Crippen molar-refractivity contribution in [1.29, 1.82) is 0 Å². The molecule has 0 bridgehead atoms.